The van der Waals surface area contributed by atoms with Gasteiger partial charge in [-0.2, -0.15) is 0 Å². The number of hydrogen-bond acceptors (Lipinski definition) is 2. The topological polar surface area (TPSA) is 12.5 Å². The fourth-order valence-corrected chi connectivity index (χ4v) is 10.7. The molecule has 0 fully saturated rings. The van der Waals surface area contributed by atoms with E-state index in [4.69, 9.17) is 17.9 Å². The van der Waals surface area contributed by atoms with Crippen molar-refractivity contribution in [2.45, 2.75) is 118 Å². The number of benzene rings is 4. The van der Waals surface area contributed by atoms with Crippen LogP contribution in [-0.4, -0.2) is 23.6 Å². The minimum atomic E-state index is -0.288. The fraction of sp³-hybridized carbons (Fsp3) is 0.312. The van der Waals surface area contributed by atoms with Crippen molar-refractivity contribution < 1.29 is 4.74 Å². The van der Waals surface area contributed by atoms with Crippen LogP contribution in [0.1, 0.15) is 116 Å². The van der Waals surface area contributed by atoms with E-state index in [-0.39, 0.29) is 28.9 Å². The van der Waals surface area contributed by atoms with Gasteiger partial charge in [0.1, 0.15) is 11.9 Å². The minimum Gasteiger partial charge on any atom is -0.486 e. The third-order valence-corrected chi connectivity index (χ3v) is 14.3. The second kappa shape index (κ2) is 20.6. The van der Waals surface area contributed by atoms with Crippen molar-refractivity contribution in [2.75, 3.05) is 6.54 Å². The molecule has 0 aromatic heterocycles. The van der Waals surface area contributed by atoms with Gasteiger partial charge < -0.3 is 9.64 Å². The predicted molar refractivity (Wildman–Crippen MR) is 285 cm³/mol. The molecule has 1 heterocycles. The van der Waals surface area contributed by atoms with Gasteiger partial charge in [-0.05, 0) is 138 Å². The number of nitrogens with zero attached hydrogens (tertiary/aromatic N) is 1. The molecule has 2 heteroatoms. The van der Waals surface area contributed by atoms with Gasteiger partial charge in [0.25, 0.3) is 0 Å². The van der Waals surface area contributed by atoms with E-state index in [2.05, 4.69) is 232 Å². The van der Waals surface area contributed by atoms with E-state index >= 15 is 0 Å². The minimum absolute atomic E-state index is 0.0132. The molecule has 0 saturated carbocycles. The SMILES string of the molecule is C=C(C/C=C\C1=C(C)CC(C)(C)C(=C)/C1=C\C(=C(C)C)C(C)(C)c1c(C)cccc1-c1ccccc1)N(CC1=CCC=C(c2ccccc2)C=C1)C1C/C=C\C(C)Oc2ccccc2C1C. The summed E-state index contributed by atoms with van der Waals surface area (Å²) >= 11 is 0. The third-order valence-electron chi connectivity index (χ3n) is 14.3. The summed E-state index contributed by atoms with van der Waals surface area (Å²) in [5.74, 6) is 1.15. The number of rotatable bonds is 12. The second-order valence-corrected chi connectivity index (χ2v) is 20.2. The van der Waals surface area contributed by atoms with Crippen LogP contribution >= 0.6 is 0 Å². The van der Waals surface area contributed by atoms with Crippen molar-refractivity contribution in [3.63, 3.8) is 0 Å². The summed E-state index contributed by atoms with van der Waals surface area (Å²) in [6.07, 6.45) is 24.5. The maximum absolute atomic E-state index is 6.50. The van der Waals surface area contributed by atoms with E-state index in [1.807, 2.05) is 0 Å². The summed E-state index contributed by atoms with van der Waals surface area (Å²) in [5.41, 5.74) is 18.7. The monoisotopic (exact) mass is 872 g/mol. The molecule has 66 heavy (non-hydrogen) atoms. The van der Waals surface area contributed by atoms with Crippen LogP contribution in [0.2, 0.25) is 0 Å². The van der Waals surface area contributed by atoms with Crippen molar-refractivity contribution in [1.29, 1.82) is 0 Å². The van der Waals surface area contributed by atoms with Crippen LogP contribution in [0.3, 0.4) is 0 Å². The molecule has 4 aromatic carbocycles. The molecule has 0 spiro atoms. The zero-order chi connectivity index (χ0) is 47.2. The predicted octanol–water partition coefficient (Wildman–Crippen LogP) is 17.1. The Morgan fingerprint density at radius 2 is 1.53 bits per heavy atom. The molecular formula is C64H73NO. The van der Waals surface area contributed by atoms with Gasteiger partial charge >= 0.3 is 0 Å². The highest BCUT2D eigenvalue weighted by Gasteiger charge is 2.35. The summed E-state index contributed by atoms with van der Waals surface area (Å²) in [7, 11) is 0. The van der Waals surface area contributed by atoms with Crippen molar-refractivity contribution >= 4 is 5.57 Å². The van der Waals surface area contributed by atoms with Crippen LogP contribution in [0.25, 0.3) is 16.7 Å². The van der Waals surface area contributed by atoms with Gasteiger partial charge in [-0.3, -0.25) is 0 Å². The van der Waals surface area contributed by atoms with E-state index in [9.17, 15) is 0 Å². The zero-order valence-corrected chi connectivity index (χ0v) is 41.5. The lowest BCUT2D eigenvalue weighted by molar-refractivity contribution is 0.235. The quantitative estimate of drug-likeness (QED) is 0.132. The van der Waals surface area contributed by atoms with Crippen molar-refractivity contribution in [3.8, 4) is 16.9 Å². The summed E-state index contributed by atoms with van der Waals surface area (Å²) < 4.78 is 6.50. The molecule has 0 amide bonds. The Balaban J connectivity index is 1.25. The van der Waals surface area contributed by atoms with Crippen LogP contribution in [0.5, 0.6) is 5.75 Å². The van der Waals surface area contributed by atoms with Crippen molar-refractivity contribution in [2.24, 2.45) is 5.41 Å². The summed E-state index contributed by atoms with van der Waals surface area (Å²) in [6.45, 7) is 33.6. The second-order valence-electron chi connectivity index (χ2n) is 20.2. The van der Waals surface area contributed by atoms with Gasteiger partial charge in [-0.15, -0.1) is 0 Å². The van der Waals surface area contributed by atoms with Gasteiger partial charge in [-0.1, -0.05) is 205 Å². The number of allylic oxidation sites excluding steroid dienone is 13. The van der Waals surface area contributed by atoms with Crippen molar-refractivity contribution in [1.82, 2.24) is 4.90 Å². The number of ether oxygens (including phenoxy) is 1. The molecular weight excluding hydrogens is 799 g/mol. The number of aryl methyl sites for hydroxylation is 1. The van der Waals surface area contributed by atoms with E-state index in [0.29, 0.717) is 0 Å². The Morgan fingerprint density at radius 3 is 2.24 bits per heavy atom. The van der Waals surface area contributed by atoms with Gasteiger partial charge in [0.2, 0.25) is 0 Å². The number of para-hydroxylation sites is 1. The van der Waals surface area contributed by atoms with Gasteiger partial charge in [-0.25, -0.2) is 0 Å². The Hall–Kier alpha value is -6.12. The standard InChI is InChI=1S/C64H73NO/c1-44(2)59(64(11,12)62-45(3)25-21-36-57(62)54-31-17-14-18-32-54)41-58-50(8)63(9,10)42-46(4)55(58)35-22-26-47(5)65(43-51-28-24-33-53(40-39-51)52-29-15-13-16-30-52)60-37-23-27-48(6)66-61-38-20-19-34-56(61)49(60)7/h13-23,25,27-36,38-41,48-49,60H,5,8,24,26,37,42-43H2,1-4,6-7,9-12H3/b27-23-,35-22-,58-41+. The lowest BCUT2D eigenvalue weighted by Crippen LogP contribution is -2.39. The maximum Gasteiger partial charge on any atom is 0.123 e. The Bertz CT molecular complexity index is 2680. The molecule has 340 valence electrons. The van der Waals surface area contributed by atoms with Crippen LogP contribution in [0, 0.1) is 12.3 Å². The molecule has 0 bridgehead atoms. The Labute approximate surface area is 398 Å². The Kier molecular flexibility index (Phi) is 14.9. The van der Waals surface area contributed by atoms with Crippen molar-refractivity contribution in [3.05, 3.63) is 238 Å². The first-order valence-corrected chi connectivity index (χ1v) is 24.2. The molecule has 4 aromatic rings. The van der Waals surface area contributed by atoms with Gasteiger partial charge in [0.15, 0.2) is 0 Å². The van der Waals surface area contributed by atoms with Gasteiger partial charge in [0.05, 0.1) is 0 Å². The molecule has 1 aliphatic heterocycles. The molecule has 3 atom stereocenters. The number of fused-ring (bicyclic) bond motifs is 1. The highest BCUT2D eigenvalue weighted by molar-refractivity contribution is 5.75. The lowest BCUT2D eigenvalue weighted by Gasteiger charge is -2.39. The zero-order valence-electron chi connectivity index (χ0n) is 41.5. The molecule has 0 saturated heterocycles. The molecule has 3 aliphatic rings. The van der Waals surface area contributed by atoms with Crippen LogP contribution < -0.4 is 4.74 Å². The van der Waals surface area contributed by atoms with E-state index < -0.39 is 0 Å². The maximum atomic E-state index is 6.50. The first-order valence-electron chi connectivity index (χ1n) is 24.2. The number of hydrogen-bond donors (Lipinski definition) is 0. The molecule has 2 aliphatic carbocycles. The highest BCUT2D eigenvalue weighted by Crippen LogP contribution is 2.49. The molecule has 0 N–H and O–H groups in total. The largest absolute Gasteiger partial charge is 0.486 e. The molecule has 0 radical (unpaired) electrons. The fourth-order valence-electron chi connectivity index (χ4n) is 10.7. The molecule has 2 nitrogen and oxygen atoms in total. The normalized spacial score (nSPS) is 20.8. The summed E-state index contributed by atoms with van der Waals surface area (Å²) in [6, 6.07) is 37.1. The van der Waals surface area contributed by atoms with E-state index in [1.54, 1.807) is 0 Å². The van der Waals surface area contributed by atoms with Crippen LogP contribution in [0.4, 0.5) is 0 Å². The lowest BCUT2D eigenvalue weighted by atomic mass is 9.66. The average molecular weight is 872 g/mol. The first kappa shape index (κ1) is 47.8. The van der Waals surface area contributed by atoms with Crippen LogP contribution in [-0.2, 0) is 5.41 Å². The summed E-state index contributed by atoms with van der Waals surface area (Å²) in [4.78, 5) is 2.59. The summed E-state index contributed by atoms with van der Waals surface area (Å²) in [5, 5.41) is 0. The molecule has 3 unspecified atom stereocenters. The van der Waals surface area contributed by atoms with Crippen LogP contribution in [0.15, 0.2) is 216 Å². The smallest absolute Gasteiger partial charge is 0.123 e. The molecule has 7 rings (SSSR count). The average Bonchev–Trinajstić information content (AvgIpc) is 3.51. The third kappa shape index (κ3) is 10.6. The Morgan fingerprint density at radius 1 is 0.848 bits per heavy atom. The van der Waals surface area contributed by atoms with E-state index in [1.165, 1.54) is 78.0 Å². The van der Waals surface area contributed by atoms with E-state index in [0.717, 1.165) is 43.7 Å². The first-order chi connectivity index (χ1) is 31.6. The highest BCUT2D eigenvalue weighted by atomic mass is 16.5. The van der Waals surface area contributed by atoms with Gasteiger partial charge in [0, 0.05) is 36.0 Å².